The fourth-order valence-corrected chi connectivity index (χ4v) is 0. The molecule has 0 aromatic rings. The smallest absolute Gasteiger partial charge is 0.870 e. The molecule has 0 spiro atoms. The van der Waals surface area contributed by atoms with Crippen LogP contribution in [0.5, 0.6) is 0 Å². The summed E-state index contributed by atoms with van der Waals surface area (Å²) in [6, 6.07) is 0. The Morgan fingerprint density at radius 3 is 0.222 bits per heavy atom. The van der Waals surface area contributed by atoms with Crippen LogP contribution in [0.3, 0.4) is 0 Å². The fraction of sp³-hybridized carbons (Fsp3) is 0. The molecule has 0 unspecified atom stereocenters. The van der Waals surface area contributed by atoms with Crippen molar-refractivity contribution < 1.29 is 82.3 Å². The van der Waals surface area contributed by atoms with Crippen molar-refractivity contribution in [2.45, 2.75) is 0 Å². The van der Waals surface area contributed by atoms with Gasteiger partial charge in [-0.25, -0.2) is 0 Å². The molecule has 0 atom stereocenters. The van der Waals surface area contributed by atoms with Crippen LogP contribution >= 0.6 is 0 Å². The summed E-state index contributed by atoms with van der Waals surface area (Å²) in [6.45, 7) is 0. The van der Waals surface area contributed by atoms with Crippen molar-refractivity contribution in [3.8, 4) is 0 Å². The molecule has 6 nitrogen and oxygen atoms in total. The van der Waals surface area contributed by atoms with Crippen molar-refractivity contribution in [1.29, 1.82) is 0 Å². The molecule has 0 aromatic carbocycles. The monoisotopic (exact) mass is 276 g/mol. The Bertz CT molecular complexity index is 8.26. The average molecular weight is 278 g/mol. The van der Waals surface area contributed by atoms with Gasteiger partial charge in [-0.1, -0.05) is 0 Å². The van der Waals surface area contributed by atoms with Gasteiger partial charge < -0.3 is 32.9 Å². The summed E-state index contributed by atoms with van der Waals surface area (Å²) < 4.78 is 0. The molecule has 0 amide bonds. The standard InChI is InChI=1S/3Ni.6H2O/h;;;6*1H2/q3*+2;;;;;;/p-6. The Labute approximate surface area is 82.4 Å². The predicted octanol–water partition coefficient (Wildman–Crippen LogP) is -1.07. The van der Waals surface area contributed by atoms with E-state index in [0.717, 1.165) is 0 Å². The molecule has 0 aliphatic rings. The fourth-order valence-electron chi connectivity index (χ4n) is 0. The van der Waals surface area contributed by atoms with E-state index in [9.17, 15) is 0 Å². The van der Waals surface area contributed by atoms with Crippen LogP contribution in [-0.2, 0) is 49.5 Å². The number of hydrogen-bond acceptors (Lipinski definition) is 6. The van der Waals surface area contributed by atoms with Crippen molar-refractivity contribution >= 4 is 0 Å². The van der Waals surface area contributed by atoms with Crippen LogP contribution in [0.25, 0.3) is 0 Å². The van der Waals surface area contributed by atoms with Crippen LogP contribution in [0, 0.1) is 0 Å². The molecule has 0 saturated heterocycles. The SMILES string of the molecule is [Ni+2].[Ni+2].[Ni+2].[OH-].[OH-].[OH-].[OH-].[OH-].[OH-]. The molecule has 0 rings (SSSR count). The molecule has 0 aliphatic carbocycles. The molecule has 72 valence electrons. The molecule has 0 fully saturated rings. The number of hydrogen-bond donors (Lipinski definition) is 0. The van der Waals surface area contributed by atoms with E-state index in [1.54, 1.807) is 0 Å². The molecule has 0 bridgehead atoms. The van der Waals surface area contributed by atoms with Crippen molar-refractivity contribution in [3.05, 3.63) is 0 Å². The second kappa shape index (κ2) is 408. The average Bonchev–Trinajstić information content (AvgIpc) is 0. The maximum Gasteiger partial charge on any atom is 2.00 e. The molecule has 0 radical (unpaired) electrons. The first-order valence-corrected chi connectivity index (χ1v) is 0. The van der Waals surface area contributed by atoms with E-state index < -0.39 is 0 Å². The van der Waals surface area contributed by atoms with E-state index in [1.165, 1.54) is 0 Å². The summed E-state index contributed by atoms with van der Waals surface area (Å²) >= 11 is 0. The van der Waals surface area contributed by atoms with Gasteiger partial charge in [-0.15, -0.1) is 0 Å². The first kappa shape index (κ1) is 568. The van der Waals surface area contributed by atoms with Gasteiger partial charge in [0.15, 0.2) is 0 Å². The van der Waals surface area contributed by atoms with Crippen molar-refractivity contribution in [2.75, 3.05) is 0 Å². The molecule has 0 aromatic heterocycles. The van der Waals surface area contributed by atoms with Gasteiger partial charge in [-0.2, -0.15) is 0 Å². The van der Waals surface area contributed by atoms with Crippen LogP contribution in [0.4, 0.5) is 0 Å². The normalized spacial score (nSPS) is 0. The molecule has 0 aliphatic heterocycles. The molecule has 0 heterocycles. The van der Waals surface area contributed by atoms with Gasteiger partial charge >= 0.3 is 49.5 Å². The zero-order valence-electron chi connectivity index (χ0n) is 3.63. The van der Waals surface area contributed by atoms with Gasteiger partial charge in [0.1, 0.15) is 0 Å². The minimum absolute atomic E-state index is 0. The van der Waals surface area contributed by atoms with Crippen LogP contribution in [0.15, 0.2) is 0 Å². The molecule has 9 heavy (non-hydrogen) atoms. The van der Waals surface area contributed by atoms with E-state index in [-0.39, 0.29) is 82.3 Å². The maximum absolute atomic E-state index is 0. The largest absolute Gasteiger partial charge is 2.00 e. The van der Waals surface area contributed by atoms with Crippen molar-refractivity contribution in [1.82, 2.24) is 0 Å². The summed E-state index contributed by atoms with van der Waals surface area (Å²) in [6.07, 6.45) is 0. The minimum Gasteiger partial charge on any atom is -0.870 e. The summed E-state index contributed by atoms with van der Waals surface area (Å²) in [7, 11) is 0. The van der Waals surface area contributed by atoms with Crippen LogP contribution in [-0.4, -0.2) is 32.9 Å². The first-order valence-electron chi connectivity index (χ1n) is 0. The third-order valence-corrected chi connectivity index (χ3v) is 0. The first-order chi connectivity index (χ1) is 0. The molecular weight excluding hydrogens is 272 g/mol. The Morgan fingerprint density at radius 2 is 0.222 bits per heavy atom. The van der Waals surface area contributed by atoms with Crippen LogP contribution in [0.2, 0.25) is 0 Å². The van der Waals surface area contributed by atoms with Crippen LogP contribution < -0.4 is 0 Å². The van der Waals surface area contributed by atoms with Gasteiger partial charge in [-0.3, -0.25) is 0 Å². The Kier molecular flexibility index (Phi) is 25700. The topological polar surface area (TPSA) is 180 Å². The molecular formula is H6Ni3O6. The zero-order valence-corrected chi connectivity index (χ0v) is 6.59. The summed E-state index contributed by atoms with van der Waals surface area (Å²) in [5.41, 5.74) is 0. The molecule has 9 heteroatoms. The van der Waals surface area contributed by atoms with E-state index in [0.29, 0.717) is 0 Å². The second-order valence-corrected chi connectivity index (χ2v) is 0. The number of rotatable bonds is 0. The summed E-state index contributed by atoms with van der Waals surface area (Å²) in [4.78, 5) is 0. The summed E-state index contributed by atoms with van der Waals surface area (Å²) in [5, 5.41) is 0. The van der Waals surface area contributed by atoms with Gasteiger partial charge in [0.25, 0.3) is 0 Å². The quantitative estimate of drug-likeness (QED) is 0.508. The Balaban J connectivity index is 0. The van der Waals surface area contributed by atoms with Gasteiger partial charge in [-0.05, 0) is 0 Å². The van der Waals surface area contributed by atoms with Crippen molar-refractivity contribution in [3.63, 3.8) is 0 Å². The third-order valence-electron chi connectivity index (χ3n) is 0. The minimum atomic E-state index is 0. The third kappa shape index (κ3) is 315. The van der Waals surface area contributed by atoms with Gasteiger partial charge in [0.2, 0.25) is 0 Å². The second-order valence-electron chi connectivity index (χ2n) is 0. The predicted molar refractivity (Wildman–Crippen MR) is 11.6 cm³/mol. The van der Waals surface area contributed by atoms with Gasteiger partial charge in [0.05, 0.1) is 0 Å². The summed E-state index contributed by atoms with van der Waals surface area (Å²) in [5.74, 6) is 0. The van der Waals surface area contributed by atoms with Crippen LogP contribution in [0.1, 0.15) is 0 Å². The van der Waals surface area contributed by atoms with Crippen molar-refractivity contribution in [2.24, 2.45) is 0 Å². The Hall–Kier alpha value is 1.24. The molecule has 0 saturated carbocycles. The van der Waals surface area contributed by atoms with Gasteiger partial charge in [0, 0.05) is 0 Å². The maximum atomic E-state index is 0. The Morgan fingerprint density at radius 1 is 0.222 bits per heavy atom. The van der Waals surface area contributed by atoms with E-state index in [2.05, 4.69) is 0 Å². The molecule has 6 N–H and O–H groups in total. The van der Waals surface area contributed by atoms with E-state index in [1.807, 2.05) is 0 Å². The zero-order chi connectivity index (χ0) is 0. The van der Waals surface area contributed by atoms with E-state index in [4.69, 9.17) is 0 Å². The van der Waals surface area contributed by atoms with E-state index >= 15 is 0 Å².